The number of rotatable bonds is 9. The van der Waals surface area contributed by atoms with Crippen molar-refractivity contribution in [1.82, 2.24) is 25.2 Å². The first kappa shape index (κ1) is 31.6. The number of nitrogens with one attached hydrogen (secondary N) is 1. The first-order valence-electron chi connectivity index (χ1n) is 12.9. The molecule has 4 atom stereocenters. The van der Waals surface area contributed by atoms with Gasteiger partial charge in [0.25, 0.3) is 17.7 Å². The van der Waals surface area contributed by atoms with Gasteiger partial charge in [0.05, 0.1) is 12.6 Å². The third-order valence-corrected chi connectivity index (χ3v) is 7.75. The fourth-order valence-corrected chi connectivity index (χ4v) is 5.15. The number of cyclic esters (lactones) is 1. The van der Waals surface area contributed by atoms with E-state index in [-0.39, 0.29) is 15.9 Å². The summed E-state index contributed by atoms with van der Waals surface area (Å²) in [5.74, 6) is -9.66. The second-order valence-electron chi connectivity index (χ2n) is 10.5. The molecular weight excluding hydrogens is 642 g/mol. The molecule has 4 aliphatic rings. The highest BCUT2D eigenvalue weighted by atomic mass is 32.1. The molecule has 5 amide bonds. The maximum absolute atomic E-state index is 13.4. The van der Waals surface area contributed by atoms with Crippen molar-refractivity contribution in [2.45, 2.75) is 49.7 Å². The SMILES string of the molecule is CC(C)(O/N=C(\C(=O)N[C@H]1CON(C2(C(=O)O)CC(N3C(=O)C4C=C(O)C(O)=CN4C3=O)C(=O)O2)C1=O)c1csc(N)n1)C(=O)O. The summed E-state index contributed by atoms with van der Waals surface area (Å²) in [4.78, 5) is 105. The van der Waals surface area contributed by atoms with Gasteiger partial charge in [0.2, 0.25) is 5.60 Å². The normalized spacial score (nSPS) is 26.5. The molecule has 46 heavy (non-hydrogen) atoms. The second kappa shape index (κ2) is 11.0. The molecule has 22 heteroatoms. The van der Waals surface area contributed by atoms with Crippen molar-refractivity contribution >= 4 is 63.8 Å². The molecule has 5 heterocycles. The molecule has 3 saturated heterocycles. The molecule has 244 valence electrons. The molecule has 0 bridgehead atoms. The minimum Gasteiger partial charge on any atom is -0.504 e. The van der Waals surface area contributed by atoms with E-state index in [1.165, 1.54) is 5.38 Å². The molecule has 3 fully saturated rings. The Morgan fingerprint density at radius 2 is 1.87 bits per heavy atom. The molecule has 4 aliphatic heterocycles. The summed E-state index contributed by atoms with van der Waals surface area (Å²) < 4.78 is 5.07. The predicted octanol–water partition coefficient (Wildman–Crippen LogP) is -1.85. The van der Waals surface area contributed by atoms with Crippen LogP contribution in [0.5, 0.6) is 0 Å². The van der Waals surface area contributed by atoms with Gasteiger partial charge < -0.3 is 41.1 Å². The largest absolute Gasteiger partial charge is 0.504 e. The number of urea groups is 1. The van der Waals surface area contributed by atoms with Crippen molar-refractivity contribution in [3.63, 3.8) is 0 Å². The predicted molar refractivity (Wildman–Crippen MR) is 145 cm³/mol. The molecule has 21 nitrogen and oxygen atoms in total. The molecule has 0 radical (unpaired) electrons. The Balaban J connectivity index is 1.36. The number of nitrogens with zero attached hydrogens (tertiary/aromatic N) is 5. The van der Waals surface area contributed by atoms with Crippen LogP contribution in [0.4, 0.5) is 9.93 Å². The van der Waals surface area contributed by atoms with E-state index < -0.39 is 101 Å². The minimum absolute atomic E-state index is 0.00659. The number of aliphatic hydroxyl groups is 2. The van der Waals surface area contributed by atoms with E-state index in [0.717, 1.165) is 37.5 Å². The molecule has 1 aromatic rings. The van der Waals surface area contributed by atoms with Gasteiger partial charge in [0.15, 0.2) is 22.4 Å². The number of amides is 5. The molecule has 3 unspecified atom stereocenters. The van der Waals surface area contributed by atoms with Crippen LogP contribution in [-0.2, 0) is 43.2 Å². The highest BCUT2D eigenvalue weighted by Crippen LogP contribution is 2.39. The van der Waals surface area contributed by atoms with Crippen molar-refractivity contribution in [2.24, 2.45) is 5.16 Å². The van der Waals surface area contributed by atoms with Crippen LogP contribution in [0.2, 0.25) is 0 Å². The Morgan fingerprint density at radius 3 is 2.48 bits per heavy atom. The van der Waals surface area contributed by atoms with Crippen molar-refractivity contribution in [1.29, 1.82) is 0 Å². The summed E-state index contributed by atoms with van der Waals surface area (Å²) in [7, 11) is 0. The van der Waals surface area contributed by atoms with E-state index >= 15 is 0 Å². The number of hydrogen-bond acceptors (Lipinski definition) is 16. The highest BCUT2D eigenvalue weighted by molar-refractivity contribution is 7.13. The van der Waals surface area contributed by atoms with E-state index in [0.29, 0.717) is 9.80 Å². The first-order valence-corrected chi connectivity index (χ1v) is 13.8. The summed E-state index contributed by atoms with van der Waals surface area (Å²) in [5, 5.41) is 46.2. The number of hydroxylamine groups is 2. The summed E-state index contributed by atoms with van der Waals surface area (Å²) >= 11 is 0.905. The number of aromatic nitrogens is 1. The van der Waals surface area contributed by atoms with E-state index in [1.54, 1.807) is 0 Å². The van der Waals surface area contributed by atoms with Crippen molar-refractivity contribution < 1.29 is 68.4 Å². The maximum atomic E-state index is 13.4. The van der Waals surface area contributed by atoms with Crippen LogP contribution in [-0.4, -0.2) is 124 Å². The van der Waals surface area contributed by atoms with E-state index in [2.05, 4.69) is 15.5 Å². The number of aliphatic hydroxyl groups excluding tert-OH is 2. The Labute approximate surface area is 259 Å². The van der Waals surface area contributed by atoms with Gasteiger partial charge in [0, 0.05) is 5.38 Å². The number of imide groups is 1. The monoisotopic (exact) mass is 665 g/mol. The third-order valence-electron chi connectivity index (χ3n) is 7.08. The lowest BCUT2D eigenvalue weighted by Crippen LogP contribution is -2.57. The number of anilines is 1. The smallest absolute Gasteiger partial charge is 0.372 e. The average molecular weight is 666 g/mol. The number of nitrogen functional groups attached to an aromatic ring is 1. The zero-order valence-electron chi connectivity index (χ0n) is 23.5. The molecule has 7 N–H and O–H groups in total. The van der Waals surface area contributed by atoms with Crippen LogP contribution in [0.25, 0.3) is 0 Å². The van der Waals surface area contributed by atoms with Gasteiger partial charge >= 0.3 is 29.7 Å². The second-order valence-corrected chi connectivity index (χ2v) is 11.4. The van der Waals surface area contributed by atoms with Crippen LogP contribution in [0, 0.1) is 0 Å². The van der Waals surface area contributed by atoms with E-state index in [9.17, 15) is 54.0 Å². The van der Waals surface area contributed by atoms with E-state index in [1.807, 2.05) is 0 Å². The van der Waals surface area contributed by atoms with Gasteiger partial charge in [-0.3, -0.25) is 24.1 Å². The zero-order chi connectivity index (χ0) is 33.9. The quantitative estimate of drug-likeness (QED) is 0.0730. The van der Waals surface area contributed by atoms with Crippen LogP contribution in [0.1, 0.15) is 26.0 Å². The lowest BCUT2D eigenvalue weighted by Gasteiger charge is -2.30. The number of thiazole rings is 1. The molecule has 0 spiro atoms. The molecule has 0 aromatic carbocycles. The lowest BCUT2D eigenvalue weighted by molar-refractivity contribution is -0.256. The van der Waals surface area contributed by atoms with Crippen molar-refractivity contribution in [3.8, 4) is 0 Å². The number of aliphatic carboxylic acids is 2. The third kappa shape index (κ3) is 5.07. The molecule has 0 saturated carbocycles. The van der Waals surface area contributed by atoms with Crippen LogP contribution in [0.3, 0.4) is 0 Å². The minimum atomic E-state index is -2.91. The molecule has 1 aromatic heterocycles. The zero-order valence-corrected chi connectivity index (χ0v) is 24.3. The number of carbonyl (C=O) groups excluding carboxylic acids is 5. The molecule has 5 rings (SSSR count). The van der Waals surface area contributed by atoms with Gasteiger partial charge in [0.1, 0.15) is 30.4 Å². The summed E-state index contributed by atoms with van der Waals surface area (Å²) in [6, 6.07) is -6.13. The first-order chi connectivity index (χ1) is 21.5. The Hall–Kier alpha value is -5.77. The van der Waals surface area contributed by atoms with Crippen molar-refractivity contribution in [3.05, 3.63) is 34.9 Å². The number of hydrogen-bond donors (Lipinski definition) is 6. The summed E-state index contributed by atoms with van der Waals surface area (Å²) in [6.07, 6.45) is 0.586. The van der Waals surface area contributed by atoms with Crippen LogP contribution >= 0.6 is 11.3 Å². The Morgan fingerprint density at radius 1 is 1.17 bits per heavy atom. The molecular formula is C24H23N7O14S. The Bertz CT molecular complexity index is 1650. The van der Waals surface area contributed by atoms with E-state index in [4.69, 9.17) is 20.1 Å². The van der Waals surface area contributed by atoms with Gasteiger partial charge in [-0.15, -0.1) is 11.3 Å². The number of carboxylic acids is 2. The standard InChI is InChI=1S/C24H23N7O14S/c1-23(2,19(38)39)45-28-14(9-7-46-21(25)27-9)15(34)26-8-6-43-31(16(8)35)24(20(40)41)4-11(18(37)44-24)30-17(36)10-3-12(32)13(33)5-29(10)22(30)42/h3,5,7-8,10-11,32-33H,4,6H2,1-2H3,(H2,25,27)(H,26,34)(H,38,39)(H,40,41)/b28-14-/t8-,10?,11?,24?/m0/s1. The fraction of sp³-hybridized carbons (Fsp3) is 0.375. The summed E-state index contributed by atoms with van der Waals surface area (Å²) in [5.41, 5.74) is 0.0691. The van der Waals surface area contributed by atoms with Gasteiger partial charge in [-0.25, -0.2) is 29.1 Å². The molecule has 0 aliphatic carbocycles. The van der Waals surface area contributed by atoms with Crippen LogP contribution in [0.15, 0.2) is 34.3 Å². The van der Waals surface area contributed by atoms with Gasteiger partial charge in [-0.1, -0.05) is 5.16 Å². The Kier molecular flexibility index (Phi) is 7.56. The topological polar surface area (TPSA) is 301 Å². The van der Waals surface area contributed by atoms with Crippen molar-refractivity contribution in [2.75, 3.05) is 12.3 Å². The fourth-order valence-electron chi connectivity index (χ4n) is 4.60. The summed E-state index contributed by atoms with van der Waals surface area (Å²) in [6.45, 7) is 1.60. The highest BCUT2D eigenvalue weighted by Gasteiger charge is 2.66. The average Bonchev–Trinajstić information content (AvgIpc) is 3.71. The van der Waals surface area contributed by atoms with Gasteiger partial charge in [-0.05, 0) is 19.9 Å². The number of ether oxygens (including phenoxy) is 1. The number of carbonyl (C=O) groups is 7. The number of nitrogens with two attached hydrogens (primary N) is 1. The maximum Gasteiger partial charge on any atom is 0.372 e. The number of carboxylic acid groups (broad SMARTS) is 2. The number of fused-ring (bicyclic) bond motifs is 1. The number of oxime groups is 1. The van der Waals surface area contributed by atoms with Gasteiger partial charge in [-0.2, -0.15) is 5.06 Å². The van der Waals surface area contributed by atoms with Crippen LogP contribution < -0.4 is 11.1 Å². The lowest BCUT2D eigenvalue weighted by atomic mass is 10.0. The number of esters is 1.